The van der Waals surface area contributed by atoms with Gasteiger partial charge in [-0.2, -0.15) is 0 Å². The quantitative estimate of drug-likeness (QED) is 0.310. The van der Waals surface area contributed by atoms with Gasteiger partial charge in [0.15, 0.2) is 23.0 Å². The molecule has 1 N–H and O–H groups in total. The molecule has 3 atom stereocenters. The average molecular weight is 617 g/mol. The second-order valence-electron chi connectivity index (χ2n) is 12.0. The van der Waals surface area contributed by atoms with E-state index >= 15 is 0 Å². The third-order valence-corrected chi connectivity index (χ3v) is 8.94. The molecule has 238 valence electrons. The van der Waals surface area contributed by atoms with Crippen molar-refractivity contribution in [3.63, 3.8) is 0 Å². The third kappa shape index (κ3) is 5.72. The Morgan fingerprint density at radius 2 is 1.42 bits per heavy atom. The number of aliphatic imine (C=N–C) groups is 1. The number of aliphatic hydroxyl groups excluding tert-OH is 1. The molecule has 0 bridgehead atoms. The van der Waals surface area contributed by atoms with E-state index in [-0.39, 0.29) is 23.9 Å². The number of ether oxygens (including phenoxy) is 4. The fourth-order valence-corrected chi connectivity index (χ4v) is 6.51. The number of methoxy groups -OCH3 is 2. The van der Waals surface area contributed by atoms with Crippen molar-refractivity contribution in [2.24, 2.45) is 4.99 Å². The molecule has 45 heavy (non-hydrogen) atoms. The van der Waals surface area contributed by atoms with Gasteiger partial charge in [0.05, 0.1) is 62.0 Å². The second-order valence-corrected chi connectivity index (χ2v) is 12.0. The second kappa shape index (κ2) is 12.5. The highest BCUT2D eigenvalue weighted by molar-refractivity contribution is 6.04. The number of fused-ring (bicyclic) bond motifs is 4. The van der Waals surface area contributed by atoms with E-state index in [4.69, 9.17) is 18.9 Å². The number of likely N-dealkylation sites (N-methyl/N-ethyl adjacent to an activating group) is 1. The zero-order valence-electron chi connectivity index (χ0n) is 26.1. The van der Waals surface area contributed by atoms with Gasteiger partial charge in [0, 0.05) is 38.5 Å². The number of nitrogens with zero attached hydrogens (tertiary/aromatic N) is 4. The van der Waals surface area contributed by atoms with Crippen LogP contribution in [0.2, 0.25) is 0 Å². The van der Waals surface area contributed by atoms with Gasteiger partial charge in [-0.25, -0.2) is 0 Å². The van der Waals surface area contributed by atoms with Gasteiger partial charge in [-0.15, -0.1) is 0 Å². The molecule has 0 aliphatic carbocycles. The van der Waals surface area contributed by atoms with E-state index < -0.39 is 6.23 Å². The minimum absolute atomic E-state index is 0.0747. The van der Waals surface area contributed by atoms with E-state index in [0.717, 1.165) is 36.8 Å². The Bertz CT molecular complexity index is 1570. The topological polar surface area (TPSA) is 113 Å². The van der Waals surface area contributed by atoms with Gasteiger partial charge in [-0.1, -0.05) is 24.3 Å². The van der Waals surface area contributed by atoms with Crippen molar-refractivity contribution in [2.45, 2.75) is 50.4 Å². The van der Waals surface area contributed by atoms with Crippen LogP contribution < -0.4 is 23.8 Å². The summed E-state index contributed by atoms with van der Waals surface area (Å²) in [6, 6.07) is 6.52. The standard InChI is InChI=1S/C34H40N4O7/c1-20-11-22-17-35-25-15-30(28(42-4)13-23(25)32(39)37(22)18-20)44-9-7-6-8-10-45-31-16-26-24(14-29(31)43-5)33(40)38-19-21(2)12-27(38)34(41)36(26)3/h13-17,22,27,34,41H,1-2,6-12,18-19H2,3-5H3/t22?,27-,34?/m0/s1. The Hall–Kier alpha value is -4.51. The molecule has 2 saturated heterocycles. The lowest BCUT2D eigenvalue weighted by Gasteiger charge is -2.30. The Morgan fingerprint density at radius 1 is 0.822 bits per heavy atom. The van der Waals surface area contributed by atoms with Gasteiger partial charge in [-0.3, -0.25) is 14.6 Å². The number of benzene rings is 2. The molecular weight excluding hydrogens is 576 g/mol. The van der Waals surface area contributed by atoms with Crippen molar-refractivity contribution in [3.8, 4) is 23.0 Å². The van der Waals surface area contributed by atoms with E-state index in [0.29, 0.717) is 78.2 Å². The van der Waals surface area contributed by atoms with Crippen LogP contribution in [-0.4, -0.2) is 98.8 Å². The van der Waals surface area contributed by atoms with Gasteiger partial charge >= 0.3 is 0 Å². The first-order chi connectivity index (χ1) is 21.7. The molecule has 2 unspecified atom stereocenters. The van der Waals surface area contributed by atoms with Crippen molar-refractivity contribution < 1.29 is 33.6 Å². The number of hydrogen-bond acceptors (Lipinski definition) is 9. The monoisotopic (exact) mass is 616 g/mol. The van der Waals surface area contributed by atoms with Crippen molar-refractivity contribution >= 4 is 29.4 Å². The summed E-state index contributed by atoms with van der Waals surface area (Å²) in [5.74, 6) is 1.78. The molecule has 2 aromatic carbocycles. The smallest absolute Gasteiger partial charge is 0.257 e. The Morgan fingerprint density at radius 3 is 2.11 bits per heavy atom. The van der Waals surface area contributed by atoms with Crippen LogP contribution in [0.15, 0.2) is 53.6 Å². The van der Waals surface area contributed by atoms with E-state index in [1.807, 2.05) is 6.21 Å². The molecule has 0 radical (unpaired) electrons. The maximum absolute atomic E-state index is 13.4. The molecule has 0 spiro atoms. The summed E-state index contributed by atoms with van der Waals surface area (Å²) >= 11 is 0. The number of amides is 2. The molecular formula is C34H40N4O7. The normalized spacial score (nSPS) is 22.0. The summed E-state index contributed by atoms with van der Waals surface area (Å²) in [6.07, 6.45) is 4.63. The van der Waals surface area contributed by atoms with Crippen molar-refractivity contribution in [1.82, 2.24) is 9.80 Å². The summed E-state index contributed by atoms with van der Waals surface area (Å²) in [5.41, 5.74) is 4.08. The molecule has 4 heterocycles. The maximum Gasteiger partial charge on any atom is 0.257 e. The number of anilines is 1. The van der Waals surface area contributed by atoms with Gasteiger partial charge in [0.25, 0.3) is 11.8 Å². The Balaban J connectivity index is 1.04. The van der Waals surface area contributed by atoms with E-state index in [2.05, 4.69) is 18.2 Å². The first kappa shape index (κ1) is 30.5. The average Bonchev–Trinajstić information content (AvgIpc) is 3.58. The van der Waals surface area contributed by atoms with Gasteiger partial charge in [0.2, 0.25) is 0 Å². The third-order valence-electron chi connectivity index (χ3n) is 8.94. The molecule has 2 amide bonds. The van der Waals surface area contributed by atoms with E-state index in [1.54, 1.807) is 60.2 Å². The minimum atomic E-state index is -0.862. The Labute approximate surface area is 263 Å². The van der Waals surface area contributed by atoms with E-state index in [9.17, 15) is 14.7 Å². The highest BCUT2D eigenvalue weighted by Gasteiger charge is 2.42. The minimum Gasteiger partial charge on any atom is -0.493 e. The molecule has 4 aliphatic rings. The molecule has 2 fully saturated rings. The fourth-order valence-electron chi connectivity index (χ4n) is 6.51. The maximum atomic E-state index is 13.4. The van der Waals surface area contributed by atoms with Crippen LogP contribution in [0.3, 0.4) is 0 Å². The number of unbranched alkanes of at least 4 members (excludes halogenated alkanes) is 2. The molecule has 11 nitrogen and oxygen atoms in total. The lowest BCUT2D eigenvalue weighted by atomic mass is 10.1. The van der Waals surface area contributed by atoms with Crippen molar-refractivity contribution in [3.05, 3.63) is 59.7 Å². The van der Waals surface area contributed by atoms with Gasteiger partial charge in [-0.05, 0) is 44.2 Å². The SMILES string of the molecule is C=C1CC2C=Nc3cc(OCCCCCOc4cc5c(cc4OC)C(=O)N4CC(=C)C[C@H]4C(O)N5C)c(OC)cc3C(=O)N2C1. The Kier molecular flexibility index (Phi) is 8.46. The molecule has 0 saturated carbocycles. The van der Waals surface area contributed by atoms with Crippen LogP contribution in [0, 0.1) is 0 Å². The largest absolute Gasteiger partial charge is 0.493 e. The number of carbonyl (C=O) groups excluding carboxylic acids is 2. The van der Waals surface area contributed by atoms with Crippen LogP contribution in [0.5, 0.6) is 23.0 Å². The first-order valence-corrected chi connectivity index (χ1v) is 15.3. The number of carbonyl (C=O) groups is 2. The van der Waals surface area contributed by atoms with Gasteiger partial charge < -0.3 is 38.8 Å². The van der Waals surface area contributed by atoms with Crippen LogP contribution >= 0.6 is 0 Å². The summed E-state index contributed by atoms with van der Waals surface area (Å²) in [4.78, 5) is 36.4. The molecule has 11 heteroatoms. The molecule has 0 aromatic heterocycles. The predicted molar refractivity (Wildman–Crippen MR) is 171 cm³/mol. The number of rotatable bonds is 10. The molecule has 4 aliphatic heterocycles. The summed E-state index contributed by atoms with van der Waals surface area (Å²) < 4.78 is 23.3. The highest BCUT2D eigenvalue weighted by atomic mass is 16.5. The number of hydrogen-bond donors (Lipinski definition) is 1. The number of aliphatic hydroxyl groups is 1. The van der Waals surface area contributed by atoms with Crippen molar-refractivity contribution in [2.75, 3.05) is 52.5 Å². The summed E-state index contributed by atoms with van der Waals surface area (Å²) in [6.45, 7) is 9.91. The van der Waals surface area contributed by atoms with Crippen LogP contribution in [-0.2, 0) is 0 Å². The zero-order chi connectivity index (χ0) is 31.8. The molecule has 2 aromatic rings. The summed E-state index contributed by atoms with van der Waals surface area (Å²) in [7, 11) is 4.88. The lowest BCUT2D eigenvalue weighted by Crippen LogP contribution is -2.47. The molecule has 6 rings (SSSR count). The van der Waals surface area contributed by atoms with Crippen LogP contribution in [0.25, 0.3) is 0 Å². The van der Waals surface area contributed by atoms with E-state index in [1.165, 1.54) is 0 Å². The first-order valence-electron chi connectivity index (χ1n) is 15.3. The van der Waals surface area contributed by atoms with Crippen LogP contribution in [0.1, 0.15) is 52.8 Å². The van der Waals surface area contributed by atoms with Crippen molar-refractivity contribution in [1.29, 1.82) is 0 Å². The van der Waals surface area contributed by atoms with Gasteiger partial charge in [0.1, 0.15) is 6.23 Å². The fraction of sp³-hybridized carbons (Fsp3) is 0.441. The zero-order valence-corrected chi connectivity index (χ0v) is 26.1. The summed E-state index contributed by atoms with van der Waals surface area (Å²) in [5, 5.41) is 11.0. The lowest BCUT2D eigenvalue weighted by molar-refractivity contribution is 0.0527. The van der Waals surface area contributed by atoms with Crippen LogP contribution in [0.4, 0.5) is 11.4 Å². The highest BCUT2D eigenvalue weighted by Crippen LogP contribution is 2.41. The predicted octanol–water partition coefficient (Wildman–Crippen LogP) is 4.36.